The lowest BCUT2D eigenvalue weighted by molar-refractivity contribution is 0.102. The lowest BCUT2D eigenvalue weighted by Crippen LogP contribution is -2.27. The highest BCUT2D eigenvalue weighted by atomic mass is 32.2. The first-order valence-electron chi connectivity index (χ1n) is 7.86. The van der Waals surface area contributed by atoms with E-state index in [1.807, 2.05) is 19.1 Å². The molecular weight excluding hydrogens is 340 g/mol. The zero-order valence-corrected chi connectivity index (χ0v) is 15.2. The molecule has 0 bridgehead atoms. The van der Waals surface area contributed by atoms with Gasteiger partial charge in [0.15, 0.2) is 0 Å². The first-order valence-corrected chi connectivity index (χ1v) is 9.71. The highest BCUT2D eigenvalue weighted by Crippen LogP contribution is 2.31. The number of sulfonamides is 1. The fourth-order valence-corrected chi connectivity index (χ4v) is 3.88. The predicted molar refractivity (Wildman–Crippen MR) is 98.0 cm³/mol. The molecule has 0 atom stereocenters. The van der Waals surface area contributed by atoms with E-state index in [0.717, 1.165) is 16.9 Å². The highest BCUT2D eigenvalue weighted by molar-refractivity contribution is 7.92. The maximum Gasteiger partial charge on any atom is 0.255 e. The smallest absolute Gasteiger partial charge is 0.255 e. The summed E-state index contributed by atoms with van der Waals surface area (Å²) in [4.78, 5) is 12.6. The zero-order chi connectivity index (χ0) is 18.2. The van der Waals surface area contributed by atoms with Crippen molar-refractivity contribution in [3.05, 3.63) is 53.1 Å². The van der Waals surface area contributed by atoms with Gasteiger partial charge in [-0.25, -0.2) is 8.42 Å². The molecule has 6 nitrogen and oxygen atoms in total. The number of methoxy groups -OCH3 is 1. The Hall–Kier alpha value is -2.54. The molecular formula is C18H20N2O4S. The minimum Gasteiger partial charge on any atom is -0.497 e. The molecule has 0 saturated heterocycles. The van der Waals surface area contributed by atoms with Crippen LogP contribution in [0.1, 0.15) is 21.5 Å². The molecule has 1 aliphatic heterocycles. The number of ether oxygens (including phenoxy) is 1. The van der Waals surface area contributed by atoms with Crippen LogP contribution in [-0.4, -0.2) is 34.2 Å². The van der Waals surface area contributed by atoms with Crippen LogP contribution in [0.25, 0.3) is 0 Å². The summed E-state index contributed by atoms with van der Waals surface area (Å²) in [7, 11) is -1.76. The number of hydrogen-bond acceptors (Lipinski definition) is 4. The number of amides is 1. The third kappa shape index (κ3) is 3.46. The van der Waals surface area contributed by atoms with Gasteiger partial charge in [-0.3, -0.25) is 9.10 Å². The molecule has 2 aromatic carbocycles. The molecule has 0 radical (unpaired) electrons. The zero-order valence-electron chi connectivity index (χ0n) is 14.4. The van der Waals surface area contributed by atoms with Crippen molar-refractivity contribution in [2.75, 3.05) is 29.5 Å². The molecule has 0 spiro atoms. The summed E-state index contributed by atoms with van der Waals surface area (Å²) in [6.07, 6.45) is 1.83. The van der Waals surface area contributed by atoms with Crippen molar-refractivity contribution >= 4 is 27.3 Å². The van der Waals surface area contributed by atoms with Crippen LogP contribution in [0.5, 0.6) is 5.75 Å². The summed E-state index contributed by atoms with van der Waals surface area (Å²) in [5.41, 5.74) is 3.51. The van der Waals surface area contributed by atoms with E-state index in [1.165, 1.54) is 10.6 Å². The molecule has 25 heavy (non-hydrogen) atoms. The Morgan fingerprint density at radius 1 is 1.20 bits per heavy atom. The van der Waals surface area contributed by atoms with Gasteiger partial charge in [-0.1, -0.05) is 6.07 Å². The average molecular weight is 360 g/mol. The number of nitrogens with one attached hydrogen (secondary N) is 1. The topological polar surface area (TPSA) is 75.7 Å². The van der Waals surface area contributed by atoms with E-state index >= 15 is 0 Å². The van der Waals surface area contributed by atoms with Gasteiger partial charge in [-0.15, -0.1) is 0 Å². The fourth-order valence-electron chi connectivity index (χ4n) is 2.93. The van der Waals surface area contributed by atoms with Crippen LogP contribution in [0.3, 0.4) is 0 Å². The molecule has 1 heterocycles. The largest absolute Gasteiger partial charge is 0.497 e. The number of aryl methyl sites for hydroxylation is 1. The standard InChI is InChI=1S/C18H20N2O4S/c1-12-10-15(24-2)6-7-16(12)19-18(21)14-5-4-13-8-9-20(17(13)11-14)25(3,22)23/h4-7,10-11H,8-9H2,1-3H3,(H,19,21). The number of carbonyl (C=O) groups is 1. The monoisotopic (exact) mass is 360 g/mol. The Bertz CT molecular complexity index is 938. The minimum atomic E-state index is -3.34. The van der Waals surface area contributed by atoms with Gasteiger partial charge < -0.3 is 10.1 Å². The fraction of sp³-hybridized carbons (Fsp3) is 0.278. The Morgan fingerprint density at radius 2 is 1.96 bits per heavy atom. The lowest BCUT2D eigenvalue weighted by atomic mass is 10.1. The molecule has 0 unspecified atom stereocenters. The summed E-state index contributed by atoms with van der Waals surface area (Å²) >= 11 is 0. The Morgan fingerprint density at radius 3 is 2.60 bits per heavy atom. The van der Waals surface area contributed by atoms with E-state index < -0.39 is 10.0 Å². The highest BCUT2D eigenvalue weighted by Gasteiger charge is 2.27. The Kier molecular flexibility index (Phi) is 4.43. The van der Waals surface area contributed by atoms with Crippen molar-refractivity contribution in [2.45, 2.75) is 13.3 Å². The summed E-state index contributed by atoms with van der Waals surface area (Å²) < 4.78 is 30.3. The van der Waals surface area contributed by atoms with Gasteiger partial charge in [-0.2, -0.15) is 0 Å². The molecule has 1 amide bonds. The van der Waals surface area contributed by atoms with Gasteiger partial charge in [0.05, 0.1) is 19.1 Å². The van der Waals surface area contributed by atoms with E-state index in [1.54, 1.807) is 31.4 Å². The van der Waals surface area contributed by atoms with Crippen LogP contribution in [-0.2, 0) is 16.4 Å². The maximum atomic E-state index is 12.6. The quantitative estimate of drug-likeness (QED) is 0.909. The van der Waals surface area contributed by atoms with E-state index in [9.17, 15) is 13.2 Å². The number of carbonyl (C=O) groups excluding carboxylic acids is 1. The Labute approximate surface area is 147 Å². The molecule has 1 N–H and O–H groups in total. The molecule has 2 aromatic rings. The SMILES string of the molecule is COc1ccc(NC(=O)c2ccc3c(c2)N(S(C)(=O)=O)CC3)c(C)c1. The average Bonchev–Trinajstić information content (AvgIpc) is 2.99. The number of fused-ring (bicyclic) bond motifs is 1. The first-order chi connectivity index (χ1) is 11.8. The van der Waals surface area contributed by atoms with Crippen molar-refractivity contribution in [1.29, 1.82) is 0 Å². The van der Waals surface area contributed by atoms with E-state index in [2.05, 4.69) is 5.32 Å². The van der Waals surface area contributed by atoms with E-state index in [-0.39, 0.29) is 5.91 Å². The number of hydrogen-bond donors (Lipinski definition) is 1. The van der Waals surface area contributed by atoms with Crippen LogP contribution in [0.15, 0.2) is 36.4 Å². The van der Waals surface area contributed by atoms with Crippen molar-refractivity contribution in [3.63, 3.8) is 0 Å². The first kappa shape index (κ1) is 17.3. The minimum absolute atomic E-state index is 0.281. The molecule has 132 valence electrons. The predicted octanol–water partition coefficient (Wildman–Crippen LogP) is 2.58. The van der Waals surface area contributed by atoms with Gasteiger partial charge >= 0.3 is 0 Å². The van der Waals surface area contributed by atoms with Gasteiger partial charge in [0.25, 0.3) is 5.91 Å². The van der Waals surface area contributed by atoms with E-state index in [0.29, 0.717) is 29.9 Å². The second kappa shape index (κ2) is 6.40. The van der Waals surface area contributed by atoms with Crippen molar-refractivity contribution in [3.8, 4) is 5.75 Å². The molecule has 1 aliphatic rings. The number of rotatable bonds is 4. The van der Waals surface area contributed by atoms with Gasteiger partial charge in [0.1, 0.15) is 5.75 Å². The van der Waals surface area contributed by atoms with Crippen LogP contribution >= 0.6 is 0 Å². The lowest BCUT2D eigenvalue weighted by Gasteiger charge is -2.17. The summed E-state index contributed by atoms with van der Waals surface area (Å²) in [5.74, 6) is 0.438. The van der Waals surface area contributed by atoms with Gasteiger partial charge in [0, 0.05) is 17.8 Å². The third-order valence-electron chi connectivity index (χ3n) is 4.28. The summed E-state index contributed by atoms with van der Waals surface area (Å²) in [5, 5.41) is 2.86. The van der Waals surface area contributed by atoms with Crippen molar-refractivity contribution in [2.24, 2.45) is 0 Å². The summed E-state index contributed by atoms with van der Waals surface area (Å²) in [6, 6.07) is 10.6. The van der Waals surface area contributed by atoms with Crippen LogP contribution < -0.4 is 14.4 Å². The Balaban J connectivity index is 1.87. The van der Waals surface area contributed by atoms with Crippen LogP contribution in [0.4, 0.5) is 11.4 Å². The van der Waals surface area contributed by atoms with Gasteiger partial charge in [0.2, 0.25) is 10.0 Å². The number of anilines is 2. The second-order valence-corrected chi connectivity index (χ2v) is 7.97. The van der Waals surface area contributed by atoms with Crippen molar-refractivity contribution in [1.82, 2.24) is 0 Å². The van der Waals surface area contributed by atoms with Crippen LogP contribution in [0, 0.1) is 6.92 Å². The van der Waals surface area contributed by atoms with Crippen molar-refractivity contribution < 1.29 is 17.9 Å². The molecule has 0 aromatic heterocycles. The number of benzene rings is 2. The molecule has 0 aliphatic carbocycles. The summed E-state index contributed by atoms with van der Waals surface area (Å²) in [6.45, 7) is 2.29. The molecule has 0 saturated carbocycles. The van der Waals surface area contributed by atoms with E-state index in [4.69, 9.17) is 4.74 Å². The molecule has 7 heteroatoms. The second-order valence-electron chi connectivity index (χ2n) is 6.06. The molecule has 3 rings (SSSR count). The van der Waals surface area contributed by atoms with Gasteiger partial charge in [-0.05, 0) is 54.8 Å². The third-order valence-corrected chi connectivity index (χ3v) is 5.46. The van der Waals surface area contributed by atoms with Crippen LogP contribution in [0.2, 0.25) is 0 Å². The normalized spacial score (nSPS) is 13.5. The number of nitrogens with zero attached hydrogens (tertiary/aromatic N) is 1. The maximum absolute atomic E-state index is 12.6. The molecule has 0 fully saturated rings.